The van der Waals surface area contributed by atoms with E-state index in [9.17, 15) is 14.3 Å². The van der Waals surface area contributed by atoms with Crippen LogP contribution in [0.15, 0.2) is 30.0 Å². The average molecular weight is 210 g/mol. The van der Waals surface area contributed by atoms with Crippen molar-refractivity contribution in [1.82, 2.24) is 0 Å². The summed E-state index contributed by atoms with van der Waals surface area (Å²) in [5.74, 6) is -1.98. The van der Waals surface area contributed by atoms with Crippen LogP contribution in [0.4, 0.5) is 4.39 Å². The van der Waals surface area contributed by atoms with Gasteiger partial charge in [-0.25, -0.2) is 9.18 Å². The molecular weight excluding hydrogens is 199 g/mol. The summed E-state index contributed by atoms with van der Waals surface area (Å²) >= 11 is 0. The van der Waals surface area contributed by atoms with Gasteiger partial charge in [0.2, 0.25) is 5.76 Å². The highest BCUT2D eigenvalue weighted by molar-refractivity contribution is 5.90. The molecule has 15 heavy (non-hydrogen) atoms. The molecule has 4 heteroatoms. The number of ether oxygens (including phenoxy) is 1. The molecular formula is C11H11FO3. The molecule has 1 rings (SSSR count). The Kier molecular flexibility index (Phi) is 3.85. The summed E-state index contributed by atoms with van der Waals surface area (Å²) in [6, 6.07) is 5.82. The molecule has 0 amide bonds. The summed E-state index contributed by atoms with van der Waals surface area (Å²) < 4.78 is 17.6. The van der Waals surface area contributed by atoms with Gasteiger partial charge in [0.25, 0.3) is 0 Å². The van der Waals surface area contributed by atoms with Crippen molar-refractivity contribution in [2.24, 2.45) is 0 Å². The number of benzene rings is 1. The summed E-state index contributed by atoms with van der Waals surface area (Å²) in [5, 5.41) is 9.25. The lowest BCUT2D eigenvalue weighted by Crippen LogP contribution is -2.06. The summed E-state index contributed by atoms with van der Waals surface area (Å²) in [6.07, 6.45) is 1.04. The van der Waals surface area contributed by atoms with Crippen molar-refractivity contribution in [2.75, 3.05) is 6.61 Å². The van der Waals surface area contributed by atoms with Gasteiger partial charge in [0.05, 0.1) is 6.61 Å². The number of hydrogen-bond donors (Lipinski definition) is 1. The highest BCUT2D eigenvalue weighted by Crippen LogP contribution is 2.10. The lowest BCUT2D eigenvalue weighted by molar-refractivity contribution is -0.141. The molecule has 0 saturated carbocycles. The van der Waals surface area contributed by atoms with E-state index in [-0.39, 0.29) is 12.2 Å². The van der Waals surface area contributed by atoms with Gasteiger partial charge >= 0.3 is 5.97 Å². The quantitative estimate of drug-likeness (QED) is 0.473. The van der Waals surface area contributed by atoms with Crippen LogP contribution < -0.4 is 0 Å². The van der Waals surface area contributed by atoms with Crippen LogP contribution in [-0.2, 0) is 9.53 Å². The average Bonchev–Trinajstić information content (AvgIpc) is 2.21. The van der Waals surface area contributed by atoms with Gasteiger partial charge in [-0.05, 0) is 19.1 Å². The molecule has 1 N–H and O–H groups in total. The van der Waals surface area contributed by atoms with E-state index in [1.165, 1.54) is 18.2 Å². The first kappa shape index (κ1) is 11.2. The molecule has 0 fully saturated rings. The molecule has 0 aromatic heterocycles. The van der Waals surface area contributed by atoms with E-state index in [4.69, 9.17) is 0 Å². The maximum atomic E-state index is 13.1. The molecule has 80 valence electrons. The predicted octanol–water partition coefficient (Wildman–Crippen LogP) is 2.29. The van der Waals surface area contributed by atoms with Crippen molar-refractivity contribution < 1.29 is 19.0 Å². The molecule has 0 aliphatic carbocycles. The van der Waals surface area contributed by atoms with Crippen molar-refractivity contribution in [3.63, 3.8) is 0 Å². The summed E-state index contributed by atoms with van der Waals surface area (Å²) in [5.41, 5.74) is 0.142. The Bertz CT molecular complexity index is 385. The van der Waals surface area contributed by atoms with Gasteiger partial charge in [-0.15, -0.1) is 0 Å². The van der Waals surface area contributed by atoms with Crippen molar-refractivity contribution in [2.45, 2.75) is 6.92 Å². The fraction of sp³-hybridized carbons (Fsp3) is 0.182. The van der Waals surface area contributed by atoms with E-state index >= 15 is 0 Å². The molecule has 0 bridgehead atoms. The van der Waals surface area contributed by atoms with Crippen LogP contribution in [0.3, 0.4) is 0 Å². The molecule has 0 heterocycles. The standard InChI is InChI=1S/C11H11FO3/c1-2-15-11(14)10(13)7-8-5-3-4-6-9(8)12/h3-7,13H,2H2,1H3. The highest BCUT2D eigenvalue weighted by Gasteiger charge is 2.09. The van der Waals surface area contributed by atoms with Crippen LogP contribution in [0.2, 0.25) is 0 Å². The number of esters is 1. The Morgan fingerprint density at radius 1 is 1.53 bits per heavy atom. The monoisotopic (exact) mass is 210 g/mol. The van der Waals surface area contributed by atoms with Gasteiger partial charge in [0.1, 0.15) is 5.82 Å². The number of carbonyl (C=O) groups excluding carboxylic acids is 1. The Labute approximate surface area is 86.8 Å². The molecule has 0 atom stereocenters. The van der Waals surface area contributed by atoms with E-state index in [2.05, 4.69) is 4.74 Å². The Morgan fingerprint density at radius 2 is 2.20 bits per heavy atom. The number of hydrogen-bond acceptors (Lipinski definition) is 3. The normalized spacial score (nSPS) is 11.2. The third-order valence-corrected chi connectivity index (χ3v) is 1.68. The lowest BCUT2D eigenvalue weighted by atomic mass is 10.2. The van der Waals surface area contributed by atoms with Crippen LogP contribution in [0.25, 0.3) is 6.08 Å². The Balaban J connectivity index is 2.88. The van der Waals surface area contributed by atoms with E-state index in [1.807, 2.05) is 0 Å². The number of rotatable bonds is 3. The van der Waals surface area contributed by atoms with Gasteiger partial charge in [-0.2, -0.15) is 0 Å². The van der Waals surface area contributed by atoms with Gasteiger partial charge in [0, 0.05) is 5.56 Å². The summed E-state index contributed by atoms with van der Waals surface area (Å²) in [6.45, 7) is 1.78. The van der Waals surface area contributed by atoms with Gasteiger partial charge in [-0.3, -0.25) is 0 Å². The smallest absolute Gasteiger partial charge is 0.373 e. The minimum atomic E-state index is -0.860. The molecule has 0 saturated heterocycles. The predicted molar refractivity (Wildman–Crippen MR) is 53.6 cm³/mol. The van der Waals surface area contributed by atoms with Crippen LogP contribution in [0, 0.1) is 5.82 Å². The first-order chi connectivity index (χ1) is 7.15. The van der Waals surface area contributed by atoms with E-state index < -0.39 is 17.5 Å². The second kappa shape index (κ2) is 5.14. The number of carbonyl (C=O) groups is 1. The molecule has 1 aromatic carbocycles. The molecule has 0 unspecified atom stereocenters. The zero-order valence-electron chi connectivity index (χ0n) is 8.24. The van der Waals surface area contributed by atoms with Gasteiger partial charge < -0.3 is 9.84 Å². The van der Waals surface area contributed by atoms with E-state index in [0.29, 0.717) is 0 Å². The van der Waals surface area contributed by atoms with Crippen LogP contribution in [-0.4, -0.2) is 17.7 Å². The third kappa shape index (κ3) is 3.09. The highest BCUT2D eigenvalue weighted by atomic mass is 19.1. The summed E-state index contributed by atoms with van der Waals surface area (Å²) in [4.78, 5) is 11.0. The molecule has 0 spiro atoms. The molecule has 3 nitrogen and oxygen atoms in total. The first-order valence-electron chi connectivity index (χ1n) is 4.47. The van der Waals surface area contributed by atoms with E-state index in [1.54, 1.807) is 13.0 Å². The first-order valence-corrected chi connectivity index (χ1v) is 4.47. The third-order valence-electron chi connectivity index (χ3n) is 1.68. The topological polar surface area (TPSA) is 46.5 Å². The SMILES string of the molecule is CCOC(=O)C(O)=Cc1ccccc1F. The zero-order chi connectivity index (χ0) is 11.3. The fourth-order valence-corrected chi connectivity index (χ4v) is 1.00. The van der Waals surface area contributed by atoms with Crippen molar-refractivity contribution >= 4 is 12.0 Å². The number of aliphatic hydroxyl groups excluding tert-OH is 1. The Hall–Kier alpha value is -1.84. The van der Waals surface area contributed by atoms with Crippen molar-refractivity contribution in [1.29, 1.82) is 0 Å². The number of aliphatic hydroxyl groups is 1. The van der Waals surface area contributed by atoms with Crippen LogP contribution in [0.1, 0.15) is 12.5 Å². The van der Waals surface area contributed by atoms with Gasteiger partial charge in [-0.1, -0.05) is 18.2 Å². The minimum Gasteiger partial charge on any atom is -0.502 e. The minimum absolute atomic E-state index is 0.142. The van der Waals surface area contributed by atoms with Crippen molar-refractivity contribution in [3.8, 4) is 0 Å². The van der Waals surface area contributed by atoms with Crippen LogP contribution in [0.5, 0.6) is 0 Å². The van der Waals surface area contributed by atoms with Crippen LogP contribution >= 0.6 is 0 Å². The summed E-state index contributed by atoms with van der Waals surface area (Å²) in [7, 11) is 0. The fourth-order valence-electron chi connectivity index (χ4n) is 1.00. The maximum absolute atomic E-state index is 13.1. The maximum Gasteiger partial charge on any atom is 0.373 e. The lowest BCUT2D eigenvalue weighted by Gasteiger charge is -2.00. The second-order valence-electron chi connectivity index (χ2n) is 2.77. The second-order valence-corrected chi connectivity index (χ2v) is 2.77. The largest absolute Gasteiger partial charge is 0.502 e. The zero-order valence-corrected chi connectivity index (χ0v) is 8.24. The van der Waals surface area contributed by atoms with Gasteiger partial charge in [0.15, 0.2) is 0 Å². The van der Waals surface area contributed by atoms with E-state index in [0.717, 1.165) is 6.08 Å². The number of halogens is 1. The van der Waals surface area contributed by atoms with Crippen molar-refractivity contribution in [3.05, 3.63) is 41.4 Å². The molecule has 0 radical (unpaired) electrons. The molecule has 0 aliphatic heterocycles. The molecule has 1 aromatic rings. The Morgan fingerprint density at radius 3 is 2.80 bits per heavy atom. The molecule has 0 aliphatic rings.